The maximum absolute atomic E-state index is 5.48. The first-order valence-corrected chi connectivity index (χ1v) is 8.28. The predicted octanol–water partition coefficient (Wildman–Crippen LogP) is 6.35. The van der Waals surface area contributed by atoms with Gasteiger partial charge in [0.05, 0.1) is 0 Å². The fraction of sp³-hybridized carbons (Fsp3) is 0.889. The zero-order chi connectivity index (χ0) is 13.5. The molecule has 0 rings (SSSR count). The summed E-state index contributed by atoms with van der Waals surface area (Å²) >= 11 is 0. The zero-order valence-electron chi connectivity index (χ0n) is 12.8. The third kappa shape index (κ3) is 12.0. The summed E-state index contributed by atoms with van der Waals surface area (Å²) < 4.78 is 0. The van der Waals surface area contributed by atoms with Crippen LogP contribution in [0, 0.1) is 18.3 Å². The third-order valence-electron chi connectivity index (χ3n) is 3.84. The van der Waals surface area contributed by atoms with Gasteiger partial charge in [-0.15, -0.1) is 12.3 Å². The van der Waals surface area contributed by atoms with Crippen LogP contribution >= 0.6 is 0 Å². The van der Waals surface area contributed by atoms with Crippen LogP contribution in [0.5, 0.6) is 0 Å². The van der Waals surface area contributed by atoms with E-state index in [1.165, 1.54) is 77.0 Å². The Kier molecular flexibility index (Phi) is 14.3. The van der Waals surface area contributed by atoms with Crippen LogP contribution in [-0.4, -0.2) is 0 Å². The van der Waals surface area contributed by atoms with E-state index >= 15 is 0 Å². The normalized spacial score (nSPS) is 12.3. The summed E-state index contributed by atoms with van der Waals surface area (Å²) in [6, 6.07) is 0. The van der Waals surface area contributed by atoms with Crippen LogP contribution in [0.2, 0.25) is 0 Å². The molecule has 0 heterocycles. The van der Waals surface area contributed by atoms with E-state index in [-0.39, 0.29) is 0 Å². The van der Waals surface area contributed by atoms with E-state index in [1.807, 2.05) is 0 Å². The van der Waals surface area contributed by atoms with E-state index in [0.717, 1.165) is 12.3 Å². The van der Waals surface area contributed by atoms with E-state index in [4.69, 9.17) is 6.42 Å². The van der Waals surface area contributed by atoms with Gasteiger partial charge in [0.15, 0.2) is 0 Å². The van der Waals surface area contributed by atoms with Crippen molar-refractivity contribution in [2.45, 2.75) is 97.3 Å². The smallest absolute Gasteiger partial charge is 0.0114 e. The number of rotatable bonds is 13. The van der Waals surface area contributed by atoms with Gasteiger partial charge in [-0.05, 0) is 18.8 Å². The fourth-order valence-corrected chi connectivity index (χ4v) is 2.59. The summed E-state index contributed by atoms with van der Waals surface area (Å²) in [6.45, 7) is 4.55. The Balaban J connectivity index is 3.48. The molecule has 0 saturated heterocycles. The molecule has 0 aliphatic rings. The molecule has 0 aromatic rings. The summed E-state index contributed by atoms with van der Waals surface area (Å²) in [5.41, 5.74) is 0. The Hall–Kier alpha value is -0.440. The summed E-state index contributed by atoms with van der Waals surface area (Å²) in [4.78, 5) is 0. The Bertz CT molecular complexity index is 187. The first kappa shape index (κ1) is 17.6. The first-order valence-electron chi connectivity index (χ1n) is 8.28. The number of terminal acetylenes is 1. The average Bonchev–Trinajstić information content (AvgIpc) is 2.38. The molecule has 0 nitrogen and oxygen atoms in total. The molecule has 0 saturated carbocycles. The van der Waals surface area contributed by atoms with Crippen LogP contribution in [0.15, 0.2) is 0 Å². The molecule has 106 valence electrons. The Morgan fingerprint density at radius 1 is 0.722 bits per heavy atom. The van der Waals surface area contributed by atoms with Crippen LogP contribution in [0.1, 0.15) is 97.3 Å². The molecule has 1 atom stereocenters. The van der Waals surface area contributed by atoms with Crippen LogP contribution in [0.4, 0.5) is 0 Å². The van der Waals surface area contributed by atoms with Gasteiger partial charge in [0.2, 0.25) is 0 Å². The Labute approximate surface area is 116 Å². The highest BCUT2D eigenvalue weighted by Crippen LogP contribution is 2.21. The van der Waals surface area contributed by atoms with Gasteiger partial charge in [-0.25, -0.2) is 0 Å². The van der Waals surface area contributed by atoms with Crippen molar-refractivity contribution in [3.63, 3.8) is 0 Å². The number of hydrogen-bond donors (Lipinski definition) is 0. The second-order valence-electron chi connectivity index (χ2n) is 5.68. The van der Waals surface area contributed by atoms with Crippen molar-refractivity contribution in [3.8, 4) is 12.3 Å². The van der Waals surface area contributed by atoms with Gasteiger partial charge in [-0.3, -0.25) is 0 Å². The number of unbranched alkanes of at least 4 members (excludes halogenated alkanes) is 8. The highest BCUT2D eigenvalue weighted by molar-refractivity contribution is 4.86. The molecule has 0 bridgehead atoms. The van der Waals surface area contributed by atoms with Crippen molar-refractivity contribution < 1.29 is 0 Å². The van der Waals surface area contributed by atoms with Gasteiger partial charge in [0.25, 0.3) is 0 Å². The van der Waals surface area contributed by atoms with Gasteiger partial charge in [0, 0.05) is 6.42 Å². The van der Waals surface area contributed by atoms with Gasteiger partial charge in [-0.1, -0.05) is 78.1 Å². The van der Waals surface area contributed by atoms with Gasteiger partial charge >= 0.3 is 0 Å². The largest absolute Gasteiger partial charge is 0.120 e. The van der Waals surface area contributed by atoms with Crippen molar-refractivity contribution in [2.75, 3.05) is 0 Å². The Morgan fingerprint density at radius 3 is 1.67 bits per heavy atom. The zero-order valence-corrected chi connectivity index (χ0v) is 12.8. The maximum atomic E-state index is 5.48. The van der Waals surface area contributed by atoms with E-state index in [9.17, 15) is 0 Å². The molecule has 0 fully saturated rings. The third-order valence-corrected chi connectivity index (χ3v) is 3.84. The first-order chi connectivity index (χ1) is 8.85. The molecule has 0 aliphatic carbocycles. The molecular formula is C18H34. The minimum absolute atomic E-state index is 0.804. The summed E-state index contributed by atoms with van der Waals surface area (Å²) in [7, 11) is 0. The molecular weight excluding hydrogens is 216 g/mol. The standard InChI is InChI=1S/C18H34/c1-4-7-9-11-12-14-17-18(15-6-3)16-13-10-8-5-2/h3,18H,4-5,7-17H2,1-2H3. The SMILES string of the molecule is C#CCC(CCCCCC)CCCCCCCC. The quantitative estimate of drug-likeness (QED) is 0.264. The van der Waals surface area contributed by atoms with Crippen molar-refractivity contribution in [1.29, 1.82) is 0 Å². The minimum atomic E-state index is 0.804. The maximum Gasteiger partial charge on any atom is 0.0114 e. The molecule has 0 aromatic heterocycles. The monoisotopic (exact) mass is 250 g/mol. The topological polar surface area (TPSA) is 0 Å². The molecule has 0 heteroatoms. The van der Waals surface area contributed by atoms with Crippen molar-refractivity contribution in [2.24, 2.45) is 5.92 Å². The molecule has 18 heavy (non-hydrogen) atoms. The number of hydrogen-bond acceptors (Lipinski definition) is 0. The van der Waals surface area contributed by atoms with Crippen LogP contribution in [-0.2, 0) is 0 Å². The lowest BCUT2D eigenvalue weighted by atomic mass is 9.92. The highest BCUT2D eigenvalue weighted by Gasteiger charge is 2.06. The van der Waals surface area contributed by atoms with Gasteiger partial charge in [0.1, 0.15) is 0 Å². The van der Waals surface area contributed by atoms with E-state index in [1.54, 1.807) is 0 Å². The summed E-state index contributed by atoms with van der Waals surface area (Å²) in [5.74, 6) is 3.67. The lowest BCUT2D eigenvalue weighted by Crippen LogP contribution is -2.00. The fourth-order valence-electron chi connectivity index (χ4n) is 2.59. The lowest BCUT2D eigenvalue weighted by Gasteiger charge is -2.13. The van der Waals surface area contributed by atoms with E-state index in [0.29, 0.717) is 0 Å². The molecule has 0 amide bonds. The molecule has 0 aliphatic heterocycles. The lowest BCUT2D eigenvalue weighted by molar-refractivity contribution is 0.412. The molecule has 1 unspecified atom stereocenters. The molecule has 0 aromatic carbocycles. The van der Waals surface area contributed by atoms with E-state index in [2.05, 4.69) is 19.8 Å². The second kappa shape index (κ2) is 14.6. The van der Waals surface area contributed by atoms with Crippen LogP contribution in [0.3, 0.4) is 0 Å². The highest BCUT2D eigenvalue weighted by atomic mass is 14.1. The van der Waals surface area contributed by atoms with Crippen LogP contribution in [0.25, 0.3) is 0 Å². The predicted molar refractivity (Wildman–Crippen MR) is 83.7 cm³/mol. The van der Waals surface area contributed by atoms with Gasteiger partial charge in [-0.2, -0.15) is 0 Å². The summed E-state index contributed by atoms with van der Waals surface area (Å²) in [5, 5.41) is 0. The van der Waals surface area contributed by atoms with Gasteiger partial charge < -0.3 is 0 Å². The van der Waals surface area contributed by atoms with Crippen molar-refractivity contribution >= 4 is 0 Å². The van der Waals surface area contributed by atoms with Crippen molar-refractivity contribution in [1.82, 2.24) is 0 Å². The average molecular weight is 250 g/mol. The minimum Gasteiger partial charge on any atom is -0.120 e. The summed E-state index contributed by atoms with van der Waals surface area (Å²) in [6.07, 6.45) is 23.1. The molecule has 0 radical (unpaired) electrons. The van der Waals surface area contributed by atoms with Crippen molar-refractivity contribution in [3.05, 3.63) is 0 Å². The Morgan fingerprint density at radius 2 is 1.17 bits per heavy atom. The molecule has 0 spiro atoms. The van der Waals surface area contributed by atoms with Crippen LogP contribution < -0.4 is 0 Å². The van der Waals surface area contributed by atoms with E-state index < -0.39 is 0 Å². The second-order valence-corrected chi connectivity index (χ2v) is 5.68. The molecule has 0 N–H and O–H groups in total.